The third-order valence-electron chi connectivity index (χ3n) is 4.70. The van der Waals surface area contributed by atoms with Gasteiger partial charge in [-0.2, -0.15) is 0 Å². The van der Waals surface area contributed by atoms with Gasteiger partial charge in [0.1, 0.15) is 17.7 Å². The first-order valence-electron chi connectivity index (χ1n) is 7.47. The van der Waals surface area contributed by atoms with Gasteiger partial charge in [0.15, 0.2) is 0 Å². The Labute approximate surface area is 123 Å². The minimum absolute atomic E-state index is 0.00874. The topological polar surface area (TPSA) is 21.3 Å². The molecular formula is C18H18FNO. The van der Waals surface area contributed by atoms with Crippen LogP contribution >= 0.6 is 0 Å². The van der Waals surface area contributed by atoms with Gasteiger partial charge in [-0.25, -0.2) is 4.39 Å². The number of fused-ring (bicyclic) bond motifs is 1. The molecule has 2 heterocycles. The Kier molecular flexibility index (Phi) is 2.96. The van der Waals surface area contributed by atoms with Crippen molar-refractivity contribution in [1.29, 1.82) is 0 Å². The van der Waals surface area contributed by atoms with Crippen LogP contribution in [0.25, 0.3) is 0 Å². The van der Waals surface area contributed by atoms with Crippen LogP contribution in [0.3, 0.4) is 0 Å². The van der Waals surface area contributed by atoms with Crippen molar-refractivity contribution in [3.8, 4) is 5.75 Å². The van der Waals surface area contributed by atoms with Gasteiger partial charge in [0.25, 0.3) is 0 Å². The van der Waals surface area contributed by atoms with E-state index in [1.807, 2.05) is 18.2 Å². The highest BCUT2D eigenvalue weighted by Gasteiger charge is 2.42. The molecule has 4 rings (SSSR count). The predicted octanol–water partition coefficient (Wildman–Crippen LogP) is 3.06. The maximum absolute atomic E-state index is 13.5. The lowest BCUT2D eigenvalue weighted by molar-refractivity contribution is 0.142. The smallest absolute Gasteiger partial charge is 0.123 e. The molecule has 0 aromatic heterocycles. The summed E-state index contributed by atoms with van der Waals surface area (Å²) in [4.78, 5) is 0. The maximum atomic E-state index is 13.5. The highest BCUT2D eigenvalue weighted by molar-refractivity contribution is 5.38. The minimum atomic E-state index is -0.158. The zero-order valence-electron chi connectivity index (χ0n) is 11.8. The number of nitrogens with one attached hydrogen (secondary N) is 1. The summed E-state index contributed by atoms with van der Waals surface area (Å²) < 4.78 is 19.6. The number of benzene rings is 2. The summed E-state index contributed by atoms with van der Waals surface area (Å²) in [5, 5.41) is 3.34. The lowest BCUT2D eigenvalue weighted by atomic mass is 9.71. The molecule has 0 radical (unpaired) electrons. The molecule has 2 aromatic rings. The fourth-order valence-corrected chi connectivity index (χ4v) is 3.52. The van der Waals surface area contributed by atoms with Crippen LogP contribution in [0.15, 0.2) is 48.5 Å². The second-order valence-electron chi connectivity index (χ2n) is 6.15. The highest BCUT2D eigenvalue weighted by atomic mass is 19.1. The Morgan fingerprint density at radius 1 is 1.14 bits per heavy atom. The van der Waals surface area contributed by atoms with Crippen LogP contribution in [-0.4, -0.2) is 19.2 Å². The molecule has 2 aromatic carbocycles. The Hall–Kier alpha value is -1.87. The summed E-state index contributed by atoms with van der Waals surface area (Å²) in [6, 6.07) is 15.2. The fourth-order valence-electron chi connectivity index (χ4n) is 3.52. The molecule has 21 heavy (non-hydrogen) atoms. The molecular weight excluding hydrogens is 265 g/mol. The molecule has 108 valence electrons. The van der Waals surface area contributed by atoms with Crippen molar-refractivity contribution in [2.75, 3.05) is 13.1 Å². The summed E-state index contributed by atoms with van der Waals surface area (Å²) >= 11 is 0. The van der Waals surface area contributed by atoms with Crippen molar-refractivity contribution in [2.45, 2.75) is 24.4 Å². The van der Waals surface area contributed by atoms with E-state index in [0.717, 1.165) is 37.2 Å². The van der Waals surface area contributed by atoms with Gasteiger partial charge in [0, 0.05) is 24.9 Å². The molecule has 0 bridgehead atoms. The molecule has 3 heteroatoms. The summed E-state index contributed by atoms with van der Waals surface area (Å²) in [6.07, 6.45) is 2.07. The molecule has 1 atom stereocenters. The number of hydrogen-bond acceptors (Lipinski definition) is 2. The van der Waals surface area contributed by atoms with Gasteiger partial charge in [-0.1, -0.05) is 30.3 Å². The van der Waals surface area contributed by atoms with Crippen LogP contribution in [0.2, 0.25) is 0 Å². The second-order valence-corrected chi connectivity index (χ2v) is 6.15. The van der Waals surface area contributed by atoms with Crippen LogP contribution in [0.1, 0.15) is 17.5 Å². The molecule has 0 saturated carbocycles. The quantitative estimate of drug-likeness (QED) is 0.935. The molecule has 0 amide bonds. The van der Waals surface area contributed by atoms with Crippen molar-refractivity contribution in [3.63, 3.8) is 0 Å². The van der Waals surface area contributed by atoms with Crippen molar-refractivity contribution in [1.82, 2.24) is 5.32 Å². The van der Waals surface area contributed by atoms with E-state index in [1.54, 1.807) is 12.1 Å². The van der Waals surface area contributed by atoms with Crippen LogP contribution < -0.4 is 10.1 Å². The zero-order valence-corrected chi connectivity index (χ0v) is 11.8. The Balaban J connectivity index is 1.56. The third kappa shape index (κ3) is 2.22. The zero-order chi connectivity index (χ0) is 14.3. The summed E-state index contributed by atoms with van der Waals surface area (Å²) in [7, 11) is 0. The highest BCUT2D eigenvalue weighted by Crippen LogP contribution is 2.38. The van der Waals surface area contributed by atoms with Crippen LogP contribution in [0.4, 0.5) is 4.39 Å². The predicted molar refractivity (Wildman–Crippen MR) is 80.1 cm³/mol. The van der Waals surface area contributed by atoms with E-state index in [4.69, 9.17) is 4.74 Å². The first-order chi connectivity index (χ1) is 10.3. The van der Waals surface area contributed by atoms with Gasteiger partial charge in [0.2, 0.25) is 0 Å². The lowest BCUT2D eigenvalue weighted by Crippen LogP contribution is -2.58. The third-order valence-corrected chi connectivity index (χ3v) is 4.70. The fraction of sp³-hybridized carbons (Fsp3) is 0.333. The minimum Gasteiger partial charge on any atom is -0.490 e. The van der Waals surface area contributed by atoms with Crippen LogP contribution in [0.5, 0.6) is 5.75 Å². The van der Waals surface area contributed by atoms with Gasteiger partial charge in [-0.05, 0) is 35.7 Å². The summed E-state index contributed by atoms with van der Waals surface area (Å²) in [5.41, 5.74) is 2.37. The number of ether oxygens (including phenoxy) is 1. The average Bonchev–Trinajstić information content (AvgIpc) is 2.85. The SMILES string of the molecule is Fc1cccc(C2(CC3Cc4ccccc4O3)CNC2)c1. The monoisotopic (exact) mass is 283 g/mol. The average molecular weight is 283 g/mol. The van der Waals surface area contributed by atoms with E-state index in [0.29, 0.717) is 0 Å². The van der Waals surface area contributed by atoms with Crippen LogP contribution in [-0.2, 0) is 11.8 Å². The largest absolute Gasteiger partial charge is 0.490 e. The molecule has 1 fully saturated rings. The number of halogens is 1. The lowest BCUT2D eigenvalue weighted by Gasteiger charge is -2.44. The number of para-hydroxylation sites is 1. The van der Waals surface area contributed by atoms with E-state index in [1.165, 1.54) is 11.6 Å². The van der Waals surface area contributed by atoms with Crippen molar-refractivity contribution < 1.29 is 9.13 Å². The van der Waals surface area contributed by atoms with E-state index in [9.17, 15) is 4.39 Å². The van der Waals surface area contributed by atoms with Crippen molar-refractivity contribution in [2.24, 2.45) is 0 Å². The molecule has 1 unspecified atom stereocenters. The normalized spacial score (nSPS) is 22.2. The maximum Gasteiger partial charge on any atom is 0.123 e. The Morgan fingerprint density at radius 2 is 2.00 bits per heavy atom. The van der Waals surface area contributed by atoms with Crippen LogP contribution in [0, 0.1) is 5.82 Å². The molecule has 2 nitrogen and oxygen atoms in total. The molecule has 1 saturated heterocycles. The van der Waals surface area contributed by atoms with Gasteiger partial charge in [-0.3, -0.25) is 0 Å². The molecule has 0 aliphatic carbocycles. The van der Waals surface area contributed by atoms with E-state index in [2.05, 4.69) is 17.4 Å². The molecule has 2 aliphatic heterocycles. The standard InChI is InChI=1S/C18H18FNO/c19-15-6-3-5-14(9-15)18(11-20-12-18)10-16-8-13-4-1-2-7-17(13)21-16/h1-7,9,16,20H,8,10-12H2. The van der Waals surface area contributed by atoms with Gasteiger partial charge >= 0.3 is 0 Å². The van der Waals surface area contributed by atoms with Crippen molar-refractivity contribution >= 4 is 0 Å². The molecule has 2 aliphatic rings. The van der Waals surface area contributed by atoms with E-state index < -0.39 is 0 Å². The Bertz CT molecular complexity index is 641. The van der Waals surface area contributed by atoms with Crippen molar-refractivity contribution in [3.05, 3.63) is 65.5 Å². The number of rotatable bonds is 3. The second kappa shape index (κ2) is 4.85. The summed E-state index contributed by atoms with van der Waals surface area (Å²) in [5.74, 6) is 0.846. The summed E-state index contributed by atoms with van der Waals surface area (Å²) in [6.45, 7) is 1.79. The molecule has 1 N–H and O–H groups in total. The van der Waals surface area contributed by atoms with E-state index in [-0.39, 0.29) is 17.3 Å². The first kappa shape index (κ1) is 12.8. The van der Waals surface area contributed by atoms with Gasteiger partial charge in [-0.15, -0.1) is 0 Å². The first-order valence-corrected chi connectivity index (χ1v) is 7.47. The molecule has 0 spiro atoms. The Morgan fingerprint density at radius 3 is 2.71 bits per heavy atom. The van der Waals surface area contributed by atoms with Gasteiger partial charge < -0.3 is 10.1 Å². The number of hydrogen-bond donors (Lipinski definition) is 1. The van der Waals surface area contributed by atoms with Gasteiger partial charge in [0.05, 0.1) is 0 Å². The van der Waals surface area contributed by atoms with E-state index >= 15 is 0 Å².